The molecule has 0 amide bonds. The Labute approximate surface area is 190 Å². The number of likely N-dealkylation sites (N-methyl/N-ethyl adjacent to an activating group) is 1. The van der Waals surface area contributed by atoms with Gasteiger partial charge in [0.2, 0.25) is 0 Å². The smallest absolute Gasteiger partial charge is 0.320 e. The van der Waals surface area contributed by atoms with Gasteiger partial charge in [-0.1, -0.05) is 23.7 Å². The van der Waals surface area contributed by atoms with E-state index in [9.17, 15) is 9.59 Å². The summed E-state index contributed by atoms with van der Waals surface area (Å²) in [4.78, 5) is 33.7. The maximum atomic E-state index is 13.2. The predicted molar refractivity (Wildman–Crippen MR) is 124 cm³/mol. The SMILES string of the molecule is CCOC(=O)CN(C)[C@H]1CCc2c(sc3ncn(CCc4cccc(Cl)c4)c(=O)c23)C1. The molecule has 0 unspecified atom stereocenters. The zero-order valence-corrected chi connectivity index (χ0v) is 19.3. The molecule has 0 saturated carbocycles. The largest absolute Gasteiger partial charge is 0.465 e. The van der Waals surface area contributed by atoms with Crippen molar-refractivity contribution in [2.75, 3.05) is 20.2 Å². The standard InChI is InChI=1S/C23H26ClN3O3S/c1-3-30-20(28)13-26(2)17-7-8-18-19(12-17)31-22-21(18)23(29)27(14-25-22)10-9-15-5-4-6-16(24)11-15/h4-6,11,14,17H,3,7-10,12-13H2,1-2H3/t17-/m0/s1. The van der Waals surface area contributed by atoms with Crippen LogP contribution in [-0.4, -0.2) is 46.7 Å². The van der Waals surface area contributed by atoms with Crippen molar-refractivity contribution in [2.24, 2.45) is 0 Å². The molecule has 0 saturated heterocycles. The first-order valence-electron chi connectivity index (χ1n) is 10.6. The summed E-state index contributed by atoms with van der Waals surface area (Å²) < 4.78 is 6.78. The molecule has 8 heteroatoms. The Bertz CT molecular complexity index is 1160. The number of ether oxygens (including phenoxy) is 1. The van der Waals surface area contributed by atoms with Gasteiger partial charge >= 0.3 is 5.97 Å². The van der Waals surface area contributed by atoms with Crippen molar-refractivity contribution in [3.8, 4) is 0 Å². The van der Waals surface area contributed by atoms with Crippen LogP contribution < -0.4 is 5.56 Å². The Morgan fingerprint density at radius 1 is 1.42 bits per heavy atom. The second-order valence-electron chi connectivity index (χ2n) is 7.92. The lowest BCUT2D eigenvalue weighted by Gasteiger charge is -2.30. The number of hydrogen-bond donors (Lipinski definition) is 0. The van der Waals surface area contributed by atoms with Crippen molar-refractivity contribution in [2.45, 2.75) is 45.2 Å². The molecule has 3 aromatic rings. The Balaban J connectivity index is 1.52. The Kier molecular flexibility index (Phi) is 6.74. The molecule has 0 bridgehead atoms. The topological polar surface area (TPSA) is 64.4 Å². The highest BCUT2D eigenvalue weighted by atomic mass is 35.5. The molecule has 2 aromatic heterocycles. The highest BCUT2D eigenvalue weighted by molar-refractivity contribution is 7.18. The lowest BCUT2D eigenvalue weighted by molar-refractivity contribution is -0.144. The summed E-state index contributed by atoms with van der Waals surface area (Å²) in [6, 6.07) is 7.97. The third-order valence-electron chi connectivity index (χ3n) is 5.85. The molecule has 0 radical (unpaired) electrons. The van der Waals surface area contributed by atoms with Gasteiger partial charge in [0.15, 0.2) is 0 Å². The molecule has 1 aliphatic carbocycles. The van der Waals surface area contributed by atoms with Crippen LogP contribution in [0.2, 0.25) is 5.02 Å². The molecule has 4 rings (SSSR count). The van der Waals surface area contributed by atoms with Crippen molar-refractivity contribution < 1.29 is 9.53 Å². The number of carbonyl (C=O) groups excluding carboxylic acids is 1. The quantitative estimate of drug-likeness (QED) is 0.504. The fourth-order valence-corrected chi connectivity index (χ4v) is 5.66. The summed E-state index contributed by atoms with van der Waals surface area (Å²) in [6.07, 6.45) is 4.93. The highest BCUT2D eigenvalue weighted by Crippen LogP contribution is 2.34. The number of rotatable bonds is 7. The molecule has 164 valence electrons. The van der Waals surface area contributed by atoms with Crippen LogP contribution in [0.1, 0.15) is 29.3 Å². The molecule has 1 atom stereocenters. The summed E-state index contributed by atoms with van der Waals surface area (Å²) in [7, 11) is 1.96. The molecule has 0 spiro atoms. The van der Waals surface area contributed by atoms with Crippen molar-refractivity contribution in [3.05, 3.63) is 62.0 Å². The lowest BCUT2D eigenvalue weighted by atomic mass is 9.92. The van der Waals surface area contributed by atoms with Gasteiger partial charge in [-0.25, -0.2) is 4.98 Å². The van der Waals surface area contributed by atoms with E-state index in [1.165, 1.54) is 4.88 Å². The maximum absolute atomic E-state index is 13.2. The predicted octanol–water partition coefficient (Wildman–Crippen LogP) is 3.71. The number of carbonyl (C=O) groups is 1. The van der Waals surface area contributed by atoms with Gasteiger partial charge in [-0.15, -0.1) is 11.3 Å². The van der Waals surface area contributed by atoms with Gasteiger partial charge in [0.1, 0.15) is 4.83 Å². The average Bonchev–Trinajstić information content (AvgIpc) is 3.12. The third-order valence-corrected chi connectivity index (χ3v) is 7.24. The molecular formula is C23H26ClN3O3S. The number of hydrogen-bond acceptors (Lipinski definition) is 6. The highest BCUT2D eigenvalue weighted by Gasteiger charge is 2.28. The molecule has 2 heterocycles. The fourth-order valence-electron chi connectivity index (χ4n) is 4.20. The average molecular weight is 460 g/mol. The normalized spacial score (nSPS) is 15.9. The summed E-state index contributed by atoms with van der Waals surface area (Å²) in [6.45, 7) is 3.06. The molecule has 0 N–H and O–H groups in total. The van der Waals surface area contributed by atoms with Crippen LogP contribution in [0.4, 0.5) is 0 Å². The van der Waals surface area contributed by atoms with Crippen LogP contribution in [0.15, 0.2) is 35.4 Å². The Hall–Kier alpha value is -2.22. The van der Waals surface area contributed by atoms with E-state index in [1.807, 2.05) is 38.2 Å². The molecule has 6 nitrogen and oxygen atoms in total. The van der Waals surface area contributed by atoms with Crippen molar-refractivity contribution in [1.82, 2.24) is 14.5 Å². The number of fused-ring (bicyclic) bond motifs is 3. The molecular weight excluding hydrogens is 434 g/mol. The number of esters is 1. The number of benzene rings is 1. The van der Waals surface area contributed by atoms with Crippen molar-refractivity contribution in [1.29, 1.82) is 0 Å². The van der Waals surface area contributed by atoms with Gasteiger partial charge in [-0.3, -0.25) is 19.1 Å². The van der Waals surface area contributed by atoms with E-state index in [0.717, 1.165) is 47.0 Å². The maximum Gasteiger partial charge on any atom is 0.320 e. The second-order valence-corrected chi connectivity index (χ2v) is 9.44. The lowest BCUT2D eigenvalue weighted by Crippen LogP contribution is -2.39. The minimum absolute atomic E-state index is 0.0304. The number of aromatic nitrogens is 2. The monoisotopic (exact) mass is 459 g/mol. The van der Waals surface area contributed by atoms with E-state index in [2.05, 4.69) is 9.88 Å². The fraction of sp³-hybridized carbons (Fsp3) is 0.435. The second kappa shape index (κ2) is 9.51. The molecule has 0 aliphatic heterocycles. The minimum atomic E-state index is -0.198. The van der Waals surface area contributed by atoms with Crippen molar-refractivity contribution in [3.63, 3.8) is 0 Å². The van der Waals surface area contributed by atoms with Crippen LogP contribution in [-0.2, 0) is 35.3 Å². The minimum Gasteiger partial charge on any atom is -0.465 e. The van der Waals surface area contributed by atoms with Crippen LogP contribution >= 0.6 is 22.9 Å². The van der Waals surface area contributed by atoms with Gasteiger partial charge < -0.3 is 4.74 Å². The van der Waals surface area contributed by atoms with E-state index in [4.69, 9.17) is 16.3 Å². The van der Waals surface area contributed by atoms with E-state index in [1.54, 1.807) is 22.2 Å². The molecule has 0 fully saturated rings. The van der Waals surface area contributed by atoms with E-state index in [-0.39, 0.29) is 24.1 Å². The Morgan fingerprint density at radius 3 is 3.03 bits per heavy atom. The van der Waals surface area contributed by atoms with Gasteiger partial charge in [0.25, 0.3) is 5.56 Å². The first kappa shape index (κ1) is 22.0. The van der Waals surface area contributed by atoms with E-state index >= 15 is 0 Å². The number of halogens is 1. The first-order chi connectivity index (χ1) is 15.0. The van der Waals surface area contributed by atoms with Crippen molar-refractivity contribution >= 4 is 39.1 Å². The molecule has 31 heavy (non-hydrogen) atoms. The Morgan fingerprint density at radius 2 is 2.26 bits per heavy atom. The van der Waals surface area contributed by atoms with Gasteiger partial charge in [-0.05, 0) is 62.9 Å². The molecule has 1 aliphatic rings. The molecule has 1 aromatic carbocycles. The van der Waals surface area contributed by atoms with Gasteiger partial charge in [0, 0.05) is 22.5 Å². The number of thiophene rings is 1. The zero-order valence-electron chi connectivity index (χ0n) is 17.8. The third kappa shape index (κ3) is 4.84. The van der Waals surface area contributed by atoms with Crippen LogP contribution in [0.25, 0.3) is 10.2 Å². The van der Waals surface area contributed by atoms with E-state index in [0.29, 0.717) is 18.2 Å². The summed E-state index contributed by atoms with van der Waals surface area (Å²) in [5, 5.41) is 1.47. The summed E-state index contributed by atoms with van der Waals surface area (Å²) >= 11 is 7.67. The van der Waals surface area contributed by atoms with Crippen LogP contribution in [0.5, 0.6) is 0 Å². The number of nitrogens with zero attached hydrogens (tertiary/aromatic N) is 3. The van der Waals surface area contributed by atoms with E-state index < -0.39 is 0 Å². The first-order valence-corrected chi connectivity index (χ1v) is 11.8. The van der Waals surface area contributed by atoms with Crippen LogP contribution in [0.3, 0.4) is 0 Å². The summed E-state index contributed by atoms with van der Waals surface area (Å²) in [5.74, 6) is -0.198. The van der Waals surface area contributed by atoms with Gasteiger partial charge in [-0.2, -0.15) is 0 Å². The summed E-state index contributed by atoms with van der Waals surface area (Å²) in [5.41, 5.74) is 2.26. The zero-order chi connectivity index (χ0) is 22.0. The van der Waals surface area contributed by atoms with Gasteiger partial charge in [0.05, 0.1) is 24.9 Å². The van der Waals surface area contributed by atoms with Crippen LogP contribution in [0, 0.1) is 0 Å². The number of aryl methyl sites for hydroxylation is 3.